The first-order chi connectivity index (χ1) is 17.7. The van der Waals surface area contributed by atoms with Gasteiger partial charge in [0.25, 0.3) is 11.4 Å². The Bertz CT molecular complexity index is 1280. The maximum atomic E-state index is 10.5. The first kappa shape index (κ1) is 33.3. The molecule has 0 unspecified atom stereocenters. The van der Waals surface area contributed by atoms with Crippen LogP contribution < -0.4 is 39.0 Å². The van der Waals surface area contributed by atoms with Crippen molar-refractivity contribution in [3.05, 3.63) is 122 Å². The molecule has 12 heteroatoms. The molecule has 4 aromatic rings. The summed E-state index contributed by atoms with van der Waals surface area (Å²) in [5.41, 5.74) is 0.165. The van der Waals surface area contributed by atoms with Crippen molar-refractivity contribution in [3.63, 3.8) is 0 Å². The number of methoxy groups -OCH3 is 2. The average molecular weight is 583 g/mol. The molecule has 0 fully saturated rings. The van der Waals surface area contributed by atoms with Crippen LogP contribution in [-0.4, -0.2) is 24.1 Å². The van der Waals surface area contributed by atoms with Crippen LogP contribution in [0.5, 0.6) is 11.5 Å². The third kappa shape index (κ3) is 12.2. The smallest absolute Gasteiger partial charge is 1.00 e. The summed E-state index contributed by atoms with van der Waals surface area (Å²) in [4.78, 5) is 22.7. The first-order valence-corrected chi connectivity index (χ1v) is 12.2. The minimum atomic E-state index is -0.462. The predicted octanol–water partition coefficient (Wildman–Crippen LogP) is 5.10. The molecule has 0 amide bonds. The number of nitro groups is 2. The van der Waals surface area contributed by atoms with E-state index in [4.69, 9.17) is 21.1 Å². The van der Waals surface area contributed by atoms with Gasteiger partial charge in [-0.05, 0) is 72.8 Å². The first-order valence-electron chi connectivity index (χ1n) is 10.5. The molecule has 0 aliphatic carbocycles. The molecule has 0 aromatic heterocycles. The van der Waals surface area contributed by atoms with Gasteiger partial charge in [-0.2, -0.15) is 0 Å². The summed E-state index contributed by atoms with van der Waals surface area (Å²) < 4.78 is 10.0. The maximum absolute atomic E-state index is 10.5. The van der Waals surface area contributed by atoms with E-state index in [1.54, 1.807) is 38.1 Å². The minimum absolute atomic E-state index is 0. The van der Waals surface area contributed by atoms with Crippen molar-refractivity contribution in [2.24, 2.45) is 0 Å². The molecule has 0 aliphatic rings. The quantitative estimate of drug-likeness (QED) is 0.146. The second-order valence-electron chi connectivity index (χ2n) is 6.96. The third-order valence-corrected chi connectivity index (χ3v) is 6.02. The number of hydrogen-bond donors (Lipinski definition) is 1. The Morgan fingerprint density at radius 2 is 1.03 bits per heavy atom. The van der Waals surface area contributed by atoms with Gasteiger partial charge >= 0.3 is 29.6 Å². The van der Waals surface area contributed by atoms with E-state index < -0.39 is 9.85 Å². The Morgan fingerprint density at radius 1 is 0.684 bits per heavy atom. The van der Waals surface area contributed by atoms with Gasteiger partial charge in [-0.1, -0.05) is 23.4 Å². The summed E-state index contributed by atoms with van der Waals surface area (Å²) in [6.07, 6.45) is 0. The van der Waals surface area contributed by atoms with Crippen molar-refractivity contribution < 1.29 is 50.3 Å². The molecule has 4 rings (SSSR count). The fourth-order valence-electron chi connectivity index (χ4n) is 2.56. The summed E-state index contributed by atoms with van der Waals surface area (Å²) in [5, 5.41) is 21.1. The summed E-state index contributed by atoms with van der Waals surface area (Å²) in [5.74, 6) is 1.68. The Kier molecular flexibility index (Phi) is 15.5. The van der Waals surface area contributed by atoms with Crippen molar-refractivity contribution in [2.45, 2.75) is 14.7 Å². The standard InChI is InChI=1S/C13H11NO3S.C7H8OS.C6H4ClNO2.Na.H/c1-17-11-4-8-13(9-5-11)18-12-6-2-10(3-7-12)14(15)16;1-8-6-2-4-7(9)5-3-6;7-5-1-3-6(4-2-5)8(9)10;;/h2-9H,1H3;2-5,9H,1H3;1-4H;;/q;;;+1;-1. The Morgan fingerprint density at radius 3 is 1.39 bits per heavy atom. The fourth-order valence-corrected chi connectivity index (χ4v) is 3.65. The number of halogens is 1. The number of ether oxygens (including phenoxy) is 2. The summed E-state index contributed by atoms with van der Waals surface area (Å²) in [7, 11) is 3.27. The molecular weight excluding hydrogens is 559 g/mol. The van der Waals surface area contributed by atoms with E-state index in [-0.39, 0.29) is 42.4 Å². The zero-order chi connectivity index (χ0) is 27.2. The van der Waals surface area contributed by atoms with Crippen LogP contribution in [0.3, 0.4) is 0 Å². The molecule has 0 aliphatic heterocycles. The predicted molar refractivity (Wildman–Crippen MR) is 150 cm³/mol. The third-order valence-electron chi connectivity index (χ3n) is 4.45. The second kappa shape index (κ2) is 17.7. The van der Waals surface area contributed by atoms with Crippen molar-refractivity contribution >= 4 is 47.4 Å². The molecule has 0 radical (unpaired) electrons. The number of hydrogen-bond acceptors (Lipinski definition) is 8. The van der Waals surface area contributed by atoms with Crippen molar-refractivity contribution in [1.82, 2.24) is 0 Å². The summed E-state index contributed by atoms with van der Waals surface area (Å²) >= 11 is 11.2. The van der Waals surface area contributed by atoms with Crippen LogP contribution in [0.15, 0.2) is 112 Å². The van der Waals surface area contributed by atoms with Crippen LogP contribution in [0.2, 0.25) is 5.02 Å². The van der Waals surface area contributed by atoms with Gasteiger partial charge in [0.2, 0.25) is 0 Å². The van der Waals surface area contributed by atoms with E-state index >= 15 is 0 Å². The number of nitrogens with zero attached hydrogens (tertiary/aromatic N) is 2. The van der Waals surface area contributed by atoms with Crippen molar-refractivity contribution in [3.8, 4) is 11.5 Å². The Hall–Kier alpha value is -2.73. The van der Waals surface area contributed by atoms with Gasteiger partial charge in [-0.3, -0.25) is 20.2 Å². The van der Waals surface area contributed by atoms with Crippen LogP contribution in [0.25, 0.3) is 0 Å². The number of nitro benzene ring substituents is 2. The van der Waals surface area contributed by atoms with Gasteiger partial charge in [0, 0.05) is 44.0 Å². The number of non-ortho nitro benzene ring substituents is 2. The normalized spacial score (nSPS) is 9.37. The number of benzene rings is 4. The molecule has 0 N–H and O–H groups in total. The number of thiol groups is 1. The zero-order valence-corrected chi connectivity index (χ0v) is 25.3. The van der Waals surface area contributed by atoms with Crippen LogP contribution >= 0.6 is 36.0 Å². The molecule has 38 heavy (non-hydrogen) atoms. The largest absolute Gasteiger partial charge is 1.00 e. The maximum Gasteiger partial charge on any atom is 1.00 e. The van der Waals surface area contributed by atoms with E-state index in [0.717, 1.165) is 26.2 Å². The average Bonchev–Trinajstić information content (AvgIpc) is 2.91. The van der Waals surface area contributed by atoms with Crippen molar-refractivity contribution in [1.29, 1.82) is 0 Å². The summed E-state index contributed by atoms with van der Waals surface area (Å²) in [6, 6.07) is 27.4. The van der Waals surface area contributed by atoms with E-state index in [1.807, 2.05) is 48.5 Å². The molecule has 0 atom stereocenters. The van der Waals surface area contributed by atoms with Crippen LogP contribution in [0, 0.1) is 20.2 Å². The van der Waals surface area contributed by atoms with Gasteiger partial charge in [0.15, 0.2) is 0 Å². The molecule has 194 valence electrons. The molecule has 4 aromatic carbocycles. The Balaban J connectivity index is 0.000000589. The van der Waals surface area contributed by atoms with Gasteiger partial charge in [0.1, 0.15) is 11.5 Å². The molecule has 0 saturated carbocycles. The van der Waals surface area contributed by atoms with E-state index in [9.17, 15) is 20.2 Å². The van der Waals surface area contributed by atoms with Crippen LogP contribution in [-0.2, 0) is 0 Å². The molecule has 0 heterocycles. The Labute approximate surface area is 258 Å². The molecule has 0 bridgehead atoms. The van der Waals surface area contributed by atoms with Gasteiger partial charge in [-0.15, -0.1) is 12.6 Å². The fraction of sp³-hybridized carbons (Fsp3) is 0.0769. The minimum Gasteiger partial charge on any atom is -1.00 e. The molecule has 8 nitrogen and oxygen atoms in total. The van der Waals surface area contributed by atoms with Gasteiger partial charge in [0.05, 0.1) is 24.1 Å². The van der Waals surface area contributed by atoms with E-state index in [2.05, 4.69) is 12.6 Å². The monoisotopic (exact) mass is 582 g/mol. The van der Waals surface area contributed by atoms with E-state index in [1.165, 1.54) is 36.4 Å². The van der Waals surface area contributed by atoms with Gasteiger partial charge < -0.3 is 10.9 Å². The molecule has 0 saturated heterocycles. The van der Waals surface area contributed by atoms with Crippen LogP contribution in [0.4, 0.5) is 11.4 Å². The number of rotatable bonds is 6. The van der Waals surface area contributed by atoms with Crippen molar-refractivity contribution in [2.75, 3.05) is 14.2 Å². The molecule has 0 spiro atoms. The summed E-state index contributed by atoms with van der Waals surface area (Å²) in [6.45, 7) is 0. The van der Waals surface area contributed by atoms with Gasteiger partial charge in [-0.25, -0.2) is 0 Å². The second-order valence-corrected chi connectivity index (χ2v) is 9.06. The molecular formula is C26H24ClN2NaO6S2. The SMILES string of the molecule is COc1ccc(S)cc1.COc1ccc(Sc2ccc([N+](=O)[O-])cc2)cc1.O=[N+]([O-])c1ccc(Cl)cc1.[H-].[Na+]. The zero-order valence-electron chi connectivity index (χ0n) is 21.8. The topological polar surface area (TPSA) is 105 Å². The van der Waals surface area contributed by atoms with Crippen LogP contribution in [0.1, 0.15) is 1.43 Å². The van der Waals surface area contributed by atoms with E-state index in [0.29, 0.717) is 5.02 Å².